The number of amides is 1. The number of ether oxygens (including phenoxy) is 1. The molecule has 0 aliphatic carbocycles. The second kappa shape index (κ2) is 12.6. The van der Waals surface area contributed by atoms with Gasteiger partial charge in [-0.25, -0.2) is 0 Å². The van der Waals surface area contributed by atoms with Crippen molar-refractivity contribution in [1.29, 1.82) is 0 Å². The summed E-state index contributed by atoms with van der Waals surface area (Å²) >= 11 is 11.3. The van der Waals surface area contributed by atoms with Gasteiger partial charge in [0.2, 0.25) is 5.91 Å². The lowest BCUT2D eigenvalue weighted by Gasteiger charge is -2.39. The number of hydrogen-bond donors (Lipinski definition) is 3. The van der Waals surface area contributed by atoms with E-state index >= 15 is 0 Å². The van der Waals surface area contributed by atoms with Crippen molar-refractivity contribution in [2.75, 3.05) is 32.8 Å². The Morgan fingerprint density at radius 3 is 2.39 bits per heavy atom. The van der Waals surface area contributed by atoms with Crippen LogP contribution >= 0.6 is 23.2 Å². The zero-order chi connectivity index (χ0) is 24.8. The third-order valence-electron chi connectivity index (χ3n) is 5.78. The molecule has 2 unspecified atom stereocenters. The van der Waals surface area contributed by atoms with Crippen LogP contribution in [0.15, 0.2) is 24.8 Å². The van der Waals surface area contributed by atoms with Gasteiger partial charge in [-0.15, -0.1) is 4.72 Å². The summed E-state index contributed by atoms with van der Waals surface area (Å²) in [7, 11) is 0. The maximum Gasteiger partial charge on any atom is 0.228 e. The molecule has 5 N–H and O–H groups in total. The van der Waals surface area contributed by atoms with Crippen LogP contribution in [0, 0.1) is 11.8 Å². The monoisotopic (exact) mass is 518 g/mol. The molecule has 1 fully saturated rings. The van der Waals surface area contributed by atoms with Gasteiger partial charge in [-0.05, 0) is 45.6 Å². The Kier molecular flexibility index (Phi) is 10.8. The molecule has 2 atom stereocenters. The number of halogens is 2. The summed E-state index contributed by atoms with van der Waals surface area (Å²) in [6.07, 6.45) is 3.08. The molecule has 10 heteroatoms. The Bertz CT molecular complexity index is 810. The van der Waals surface area contributed by atoms with E-state index in [0.29, 0.717) is 48.3 Å². The van der Waals surface area contributed by atoms with E-state index in [1.165, 1.54) is 0 Å². The predicted octanol–water partition coefficient (Wildman–Crippen LogP) is 3.42. The van der Waals surface area contributed by atoms with E-state index in [-0.39, 0.29) is 36.9 Å². The number of benzene rings is 1. The summed E-state index contributed by atoms with van der Waals surface area (Å²) in [5.41, 5.74) is 12.2. The Labute approximate surface area is 210 Å². The zero-order valence-electron chi connectivity index (χ0n) is 19.6. The SMILES string of the molecule is C=CCOc1cc(Cl)c(Cl)cc1C(N[S+]([O-])C(C)(C)C)C1CCN(C(=O)C(CN)CN)CC1. The van der Waals surface area contributed by atoms with E-state index in [4.69, 9.17) is 39.4 Å². The van der Waals surface area contributed by atoms with Gasteiger partial charge in [-0.2, -0.15) is 0 Å². The minimum Gasteiger partial charge on any atom is -0.598 e. The molecule has 0 aromatic heterocycles. The lowest BCUT2D eigenvalue weighted by Crippen LogP contribution is -2.49. The van der Waals surface area contributed by atoms with Crippen molar-refractivity contribution in [2.45, 2.75) is 44.4 Å². The fourth-order valence-electron chi connectivity index (χ4n) is 3.78. The number of nitrogens with two attached hydrogens (primary N) is 2. The Morgan fingerprint density at radius 2 is 1.88 bits per heavy atom. The van der Waals surface area contributed by atoms with Crippen molar-refractivity contribution in [3.05, 3.63) is 40.4 Å². The number of hydrogen-bond acceptors (Lipinski definition) is 6. The largest absolute Gasteiger partial charge is 0.598 e. The lowest BCUT2D eigenvalue weighted by molar-refractivity contribution is -0.136. The zero-order valence-corrected chi connectivity index (χ0v) is 21.9. The summed E-state index contributed by atoms with van der Waals surface area (Å²) in [6.45, 7) is 11.4. The van der Waals surface area contributed by atoms with Crippen molar-refractivity contribution in [3.8, 4) is 5.75 Å². The van der Waals surface area contributed by atoms with Gasteiger partial charge in [0.25, 0.3) is 0 Å². The van der Waals surface area contributed by atoms with Gasteiger partial charge in [-0.1, -0.05) is 35.9 Å². The smallest absolute Gasteiger partial charge is 0.228 e. The molecule has 1 aliphatic rings. The first kappa shape index (κ1) is 28.2. The fourth-order valence-corrected chi connectivity index (χ4v) is 5.01. The third kappa shape index (κ3) is 7.49. The first-order valence-corrected chi connectivity index (χ1v) is 13.0. The second-order valence-corrected chi connectivity index (χ2v) is 12.0. The number of nitrogens with zero attached hydrogens (tertiary/aromatic N) is 1. The molecule has 0 saturated carbocycles. The van der Waals surface area contributed by atoms with Crippen LogP contribution in [0.4, 0.5) is 0 Å². The molecule has 7 nitrogen and oxygen atoms in total. The Balaban J connectivity index is 2.34. The van der Waals surface area contributed by atoms with Crippen LogP contribution in [0.25, 0.3) is 0 Å². The maximum absolute atomic E-state index is 13.1. The first-order valence-electron chi connectivity index (χ1n) is 11.1. The molecule has 1 aliphatic heterocycles. The van der Waals surface area contributed by atoms with Crippen LogP contribution in [0.2, 0.25) is 10.0 Å². The summed E-state index contributed by atoms with van der Waals surface area (Å²) in [5.74, 6) is 0.291. The van der Waals surface area contributed by atoms with E-state index in [0.717, 1.165) is 5.56 Å². The highest BCUT2D eigenvalue weighted by Gasteiger charge is 2.38. The molecule has 2 rings (SSSR count). The van der Waals surface area contributed by atoms with Crippen molar-refractivity contribution >= 4 is 40.5 Å². The molecular formula is C23H36Cl2N4O3S. The molecule has 1 aromatic rings. The molecular weight excluding hydrogens is 483 g/mol. The lowest BCUT2D eigenvalue weighted by atomic mass is 9.85. The van der Waals surface area contributed by atoms with Gasteiger partial charge < -0.3 is 25.7 Å². The Morgan fingerprint density at radius 1 is 1.30 bits per heavy atom. The average molecular weight is 520 g/mol. The van der Waals surface area contributed by atoms with Crippen molar-refractivity contribution in [2.24, 2.45) is 23.3 Å². The quantitative estimate of drug-likeness (QED) is 0.322. The van der Waals surface area contributed by atoms with E-state index < -0.39 is 16.1 Å². The van der Waals surface area contributed by atoms with Gasteiger partial charge in [0.15, 0.2) is 0 Å². The van der Waals surface area contributed by atoms with Gasteiger partial charge >= 0.3 is 0 Å². The maximum atomic E-state index is 13.1. The predicted molar refractivity (Wildman–Crippen MR) is 137 cm³/mol. The highest BCUT2D eigenvalue weighted by atomic mass is 35.5. The second-order valence-electron chi connectivity index (χ2n) is 9.21. The molecule has 1 amide bonds. The summed E-state index contributed by atoms with van der Waals surface area (Å²) in [6, 6.07) is 3.15. The van der Waals surface area contributed by atoms with Crippen LogP contribution in [0.1, 0.15) is 45.2 Å². The minimum absolute atomic E-state index is 0.00855. The van der Waals surface area contributed by atoms with Gasteiger partial charge in [0.1, 0.15) is 17.1 Å². The standard InChI is InChI=1S/C23H36Cl2N4O3S/c1-5-10-32-20-12-19(25)18(24)11-17(20)21(28-33(31)23(2,3)4)15-6-8-29(9-7-15)22(30)16(13-26)14-27/h5,11-12,15-16,21,28H,1,6-10,13-14,26-27H2,2-4H3. The topological polar surface area (TPSA) is 117 Å². The van der Waals surface area contributed by atoms with E-state index in [2.05, 4.69) is 11.3 Å². The van der Waals surface area contributed by atoms with Gasteiger partial charge in [0, 0.05) is 49.2 Å². The van der Waals surface area contributed by atoms with Gasteiger partial charge in [-0.3, -0.25) is 4.79 Å². The van der Waals surface area contributed by atoms with Crippen LogP contribution in [-0.2, 0) is 16.2 Å². The first-order chi connectivity index (χ1) is 15.5. The number of likely N-dealkylation sites (tertiary alicyclic amines) is 1. The summed E-state index contributed by atoms with van der Waals surface area (Å²) in [4.78, 5) is 14.5. The van der Waals surface area contributed by atoms with Crippen LogP contribution in [-0.4, -0.2) is 52.9 Å². The third-order valence-corrected chi connectivity index (χ3v) is 8.08. The molecule has 33 heavy (non-hydrogen) atoms. The number of carbonyl (C=O) groups is 1. The molecule has 1 saturated heterocycles. The van der Waals surface area contributed by atoms with Crippen LogP contribution in [0.5, 0.6) is 5.75 Å². The molecule has 0 spiro atoms. The van der Waals surface area contributed by atoms with Crippen molar-refractivity contribution < 1.29 is 14.1 Å². The average Bonchev–Trinajstić information content (AvgIpc) is 2.78. The highest BCUT2D eigenvalue weighted by Crippen LogP contribution is 2.41. The van der Waals surface area contributed by atoms with Crippen molar-refractivity contribution in [3.63, 3.8) is 0 Å². The molecule has 1 heterocycles. The molecule has 0 radical (unpaired) electrons. The number of nitrogens with one attached hydrogen (secondary N) is 1. The van der Waals surface area contributed by atoms with Crippen LogP contribution in [0.3, 0.4) is 0 Å². The number of piperidine rings is 1. The molecule has 0 bridgehead atoms. The van der Waals surface area contributed by atoms with Crippen molar-refractivity contribution in [1.82, 2.24) is 9.62 Å². The van der Waals surface area contributed by atoms with E-state index in [1.54, 1.807) is 18.2 Å². The van der Waals surface area contributed by atoms with Gasteiger partial charge in [0.05, 0.1) is 22.0 Å². The molecule has 186 valence electrons. The number of carbonyl (C=O) groups excluding carboxylic acids is 1. The summed E-state index contributed by atoms with van der Waals surface area (Å²) in [5, 5.41) is 0.775. The number of rotatable bonds is 10. The fraction of sp³-hybridized carbons (Fsp3) is 0.609. The summed E-state index contributed by atoms with van der Waals surface area (Å²) < 4.78 is 21.8. The molecule has 1 aromatic carbocycles. The van der Waals surface area contributed by atoms with E-state index in [9.17, 15) is 9.35 Å². The Hall–Kier alpha value is -1.00. The van der Waals surface area contributed by atoms with E-state index in [1.807, 2.05) is 25.7 Å². The van der Waals surface area contributed by atoms with Crippen LogP contribution < -0.4 is 20.9 Å². The minimum atomic E-state index is -1.34. The highest BCUT2D eigenvalue weighted by molar-refractivity contribution is 7.90. The normalized spacial score (nSPS) is 17.2.